The fraction of sp³-hybridized carbons (Fsp3) is 0.267. The molecule has 5 heteroatoms. The van der Waals surface area contributed by atoms with Gasteiger partial charge in [-0.15, -0.1) is 11.3 Å². The average Bonchev–Trinajstić information content (AvgIpc) is 2.94. The molecule has 106 valence electrons. The molecule has 1 amide bonds. The molecule has 2 rings (SSSR count). The molecule has 4 nitrogen and oxygen atoms in total. The van der Waals surface area contributed by atoms with Gasteiger partial charge in [-0.2, -0.15) is 0 Å². The van der Waals surface area contributed by atoms with Gasteiger partial charge in [-0.05, 0) is 30.7 Å². The highest BCUT2D eigenvalue weighted by Gasteiger charge is 2.08. The number of methoxy groups -OCH3 is 1. The predicted molar refractivity (Wildman–Crippen MR) is 81.1 cm³/mol. The van der Waals surface area contributed by atoms with E-state index < -0.39 is 0 Å². The van der Waals surface area contributed by atoms with Crippen LogP contribution in [0.2, 0.25) is 0 Å². The van der Waals surface area contributed by atoms with Crippen molar-refractivity contribution in [3.05, 3.63) is 51.7 Å². The van der Waals surface area contributed by atoms with Gasteiger partial charge < -0.3 is 15.8 Å². The normalized spacial score (nSPS) is 12.1. The Bertz CT molecular complexity index is 578. The third kappa shape index (κ3) is 3.59. The first-order valence-corrected chi connectivity index (χ1v) is 7.22. The number of ether oxygens (including phenoxy) is 1. The van der Waals surface area contributed by atoms with Crippen molar-refractivity contribution in [3.8, 4) is 5.75 Å². The second-order valence-corrected chi connectivity index (χ2v) is 5.54. The van der Waals surface area contributed by atoms with E-state index in [2.05, 4.69) is 12.2 Å². The maximum Gasteiger partial charge on any atom is 0.249 e. The molecule has 0 fully saturated rings. The van der Waals surface area contributed by atoms with Gasteiger partial charge in [-0.3, -0.25) is 4.79 Å². The van der Waals surface area contributed by atoms with E-state index in [1.54, 1.807) is 12.5 Å². The molecule has 1 atom stereocenters. The molecule has 0 saturated carbocycles. The van der Waals surface area contributed by atoms with Crippen LogP contribution in [-0.2, 0) is 6.54 Å². The summed E-state index contributed by atoms with van der Waals surface area (Å²) in [4.78, 5) is 12.1. The maximum atomic E-state index is 11.0. The van der Waals surface area contributed by atoms with Gasteiger partial charge >= 0.3 is 0 Å². The van der Waals surface area contributed by atoms with Crippen LogP contribution in [0.5, 0.6) is 5.75 Å². The Labute approximate surface area is 122 Å². The number of carbonyl (C=O) groups excluding carboxylic acids is 1. The summed E-state index contributed by atoms with van der Waals surface area (Å²) >= 11 is 1.54. The van der Waals surface area contributed by atoms with Gasteiger partial charge in [-0.1, -0.05) is 12.1 Å². The lowest BCUT2D eigenvalue weighted by atomic mass is 10.1. The van der Waals surface area contributed by atoms with Gasteiger partial charge in [0.05, 0.1) is 12.7 Å². The molecule has 20 heavy (non-hydrogen) atoms. The lowest BCUT2D eigenvalue weighted by Crippen LogP contribution is -2.17. The third-order valence-electron chi connectivity index (χ3n) is 3.14. The van der Waals surface area contributed by atoms with Crippen LogP contribution in [0, 0.1) is 0 Å². The molecular formula is C15H18N2O2S. The van der Waals surface area contributed by atoms with E-state index in [0.717, 1.165) is 10.6 Å². The summed E-state index contributed by atoms with van der Waals surface area (Å²) in [5.74, 6) is 0.473. The van der Waals surface area contributed by atoms with E-state index in [1.807, 2.05) is 30.3 Å². The number of amides is 1. The van der Waals surface area contributed by atoms with E-state index in [0.29, 0.717) is 12.1 Å². The van der Waals surface area contributed by atoms with E-state index in [-0.39, 0.29) is 11.9 Å². The number of rotatable bonds is 6. The predicted octanol–water partition coefficient (Wildman–Crippen LogP) is 2.71. The summed E-state index contributed by atoms with van der Waals surface area (Å²) < 4.78 is 5.14. The monoisotopic (exact) mass is 290 g/mol. The smallest absolute Gasteiger partial charge is 0.249 e. The summed E-state index contributed by atoms with van der Waals surface area (Å²) in [7, 11) is 1.66. The average molecular weight is 290 g/mol. The standard InChI is InChI=1S/C15H18N2O2S/c1-10(11-3-5-13(19-2)6-4-11)17-8-14-7-12(9-20-14)15(16)18/h3-7,9-10,17H,8H2,1-2H3,(H2,16,18)/t10-/m0/s1. The largest absolute Gasteiger partial charge is 0.497 e. The summed E-state index contributed by atoms with van der Waals surface area (Å²) in [5, 5.41) is 5.21. The van der Waals surface area contributed by atoms with Crippen molar-refractivity contribution in [1.82, 2.24) is 5.32 Å². The molecule has 0 saturated heterocycles. The first-order chi connectivity index (χ1) is 9.60. The number of nitrogens with two attached hydrogens (primary N) is 1. The summed E-state index contributed by atoms with van der Waals surface area (Å²) in [6.45, 7) is 2.82. The highest BCUT2D eigenvalue weighted by Crippen LogP contribution is 2.19. The van der Waals surface area contributed by atoms with Crippen molar-refractivity contribution in [2.24, 2.45) is 5.73 Å². The van der Waals surface area contributed by atoms with Gasteiger partial charge in [-0.25, -0.2) is 0 Å². The van der Waals surface area contributed by atoms with Gasteiger partial charge in [0.1, 0.15) is 5.75 Å². The molecule has 0 unspecified atom stereocenters. The minimum absolute atomic E-state index is 0.222. The second-order valence-electron chi connectivity index (χ2n) is 4.54. The molecule has 1 aromatic heterocycles. The van der Waals surface area contributed by atoms with E-state index >= 15 is 0 Å². The molecule has 0 aliphatic rings. The molecule has 1 aromatic carbocycles. The molecule has 3 N–H and O–H groups in total. The molecule has 2 aromatic rings. The molecule has 0 radical (unpaired) electrons. The quantitative estimate of drug-likeness (QED) is 0.859. The maximum absolute atomic E-state index is 11.0. The Morgan fingerprint density at radius 1 is 1.40 bits per heavy atom. The summed E-state index contributed by atoms with van der Waals surface area (Å²) in [5.41, 5.74) is 7.00. The lowest BCUT2D eigenvalue weighted by Gasteiger charge is -2.14. The zero-order valence-electron chi connectivity index (χ0n) is 11.6. The summed E-state index contributed by atoms with van der Waals surface area (Å²) in [6, 6.07) is 10.0. The second kappa shape index (κ2) is 6.54. The van der Waals surface area contributed by atoms with Gasteiger partial charge in [0.25, 0.3) is 0 Å². The van der Waals surface area contributed by atoms with E-state index in [4.69, 9.17) is 10.5 Å². The Morgan fingerprint density at radius 3 is 2.65 bits per heavy atom. The zero-order chi connectivity index (χ0) is 14.5. The number of primary amides is 1. The zero-order valence-corrected chi connectivity index (χ0v) is 12.4. The lowest BCUT2D eigenvalue weighted by molar-refractivity contribution is 0.100. The van der Waals surface area contributed by atoms with Crippen molar-refractivity contribution >= 4 is 17.2 Å². The van der Waals surface area contributed by atoms with Crippen molar-refractivity contribution in [2.45, 2.75) is 19.5 Å². The highest BCUT2D eigenvalue weighted by molar-refractivity contribution is 7.10. The topological polar surface area (TPSA) is 64.3 Å². The van der Waals surface area contributed by atoms with E-state index in [1.165, 1.54) is 16.9 Å². The van der Waals surface area contributed by atoms with Crippen LogP contribution in [-0.4, -0.2) is 13.0 Å². The van der Waals surface area contributed by atoms with Crippen LogP contribution in [0.15, 0.2) is 35.7 Å². The number of thiophene rings is 1. The minimum atomic E-state index is -0.379. The molecule has 0 bridgehead atoms. The molecular weight excluding hydrogens is 272 g/mol. The van der Waals surface area contributed by atoms with Gasteiger partial charge in [0, 0.05) is 22.8 Å². The Hall–Kier alpha value is -1.85. The Morgan fingerprint density at radius 2 is 2.10 bits per heavy atom. The van der Waals surface area contributed by atoms with Crippen molar-refractivity contribution in [2.75, 3.05) is 7.11 Å². The molecule has 0 spiro atoms. The first kappa shape index (κ1) is 14.6. The minimum Gasteiger partial charge on any atom is -0.497 e. The fourth-order valence-corrected chi connectivity index (χ4v) is 2.69. The number of carbonyl (C=O) groups is 1. The van der Waals surface area contributed by atoms with Crippen LogP contribution in [0.4, 0.5) is 0 Å². The van der Waals surface area contributed by atoms with Gasteiger partial charge in [0.2, 0.25) is 5.91 Å². The van der Waals surface area contributed by atoms with E-state index in [9.17, 15) is 4.79 Å². The number of hydrogen-bond acceptors (Lipinski definition) is 4. The Kier molecular flexibility index (Phi) is 4.76. The summed E-state index contributed by atoms with van der Waals surface area (Å²) in [6.07, 6.45) is 0. The number of benzene rings is 1. The third-order valence-corrected chi connectivity index (χ3v) is 4.07. The Balaban J connectivity index is 1.93. The molecule has 0 aliphatic carbocycles. The van der Waals surface area contributed by atoms with Crippen LogP contribution >= 0.6 is 11.3 Å². The van der Waals surface area contributed by atoms with Crippen molar-refractivity contribution < 1.29 is 9.53 Å². The van der Waals surface area contributed by atoms with Crippen LogP contribution in [0.25, 0.3) is 0 Å². The number of hydrogen-bond donors (Lipinski definition) is 2. The van der Waals surface area contributed by atoms with Crippen LogP contribution in [0.1, 0.15) is 33.8 Å². The molecule has 1 heterocycles. The van der Waals surface area contributed by atoms with Crippen LogP contribution in [0.3, 0.4) is 0 Å². The van der Waals surface area contributed by atoms with Crippen LogP contribution < -0.4 is 15.8 Å². The SMILES string of the molecule is COc1ccc([C@H](C)NCc2cc(C(N)=O)cs2)cc1. The highest BCUT2D eigenvalue weighted by atomic mass is 32.1. The van der Waals surface area contributed by atoms with Crippen molar-refractivity contribution in [1.29, 1.82) is 0 Å². The van der Waals surface area contributed by atoms with Gasteiger partial charge in [0.15, 0.2) is 0 Å². The first-order valence-electron chi connectivity index (χ1n) is 6.34. The number of nitrogens with one attached hydrogen (secondary N) is 1. The fourth-order valence-electron chi connectivity index (χ4n) is 1.87. The molecule has 0 aliphatic heterocycles. The van der Waals surface area contributed by atoms with Crippen molar-refractivity contribution in [3.63, 3.8) is 0 Å².